The summed E-state index contributed by atoms with van der Waals surface area (Å²) in [6.45, 7) is 1.36. The van der Waals surface area contributed by atoms with Crippen LogP contribution in [0.2, 0.25) is 0 Å². The second kappa shape index (κ2) is 5.53. The van der Waals surface area contributed by atoms with Gasteiger partial charge in [-0.25, -0.2) is 9.59 Å². The number of aromatic amines is 1. The lowest BCUT2D eigenvalue weighted by Crippen LogP contribution is -2.12. The highest BCUT2D eigenvalue weighted by Gasteiger charge is 2.16. The largest absolute Gasteiger partial charge is 0.477 e. The molecule has 0 aromatic carbocycles. The van der Waals surface area contributed by atoms with Crippen molar-refractivity contribution in [2.24, 2.45) is 7.05 Å². The van der Waals surface area contributed by atoms with Crippen LogP contribution in [-0.2, 0) is 11.8 Å². The first kappa shape index (κ1) is 14.4. The summed E-state index contributed by atoms with van der Waals surface area (Å²) < 4.78 is 6.56. The molecule has 0 aliphatic heterocycles. The predicted molar refractivity (Wildman–Crippen MR) is 72.4 cm³/mol. The van der Waals surface area contributed by atoms with Gasteiger partial charge in [0.05, 0.1) is 5.69 Å². The molecule has 2 rings (SSSR count). The lowest BCUT2D eigenvalue weighted by atomic mass is 10.4. The molecule has 1 amide bonds. The lowest BCUT2D eigenvalue weighted by Gasteiger charge is -2.02. The zero-order chi connectivity index (χ0) is 15.6. The molecular formula is C13H13N3O5. The number of anilines is 1. The number of aromatic nitrogens is 2. The maximum absolute atomic E-state index is 12.0. The van der Waals surface area contributed by atoms with Crippen LogP contribution < -0.4 is 10.1 Å². The summed E-state index contributed by atoms with van der Waals surface area (Å²) in [4.78, 5) is 36.1. The number of ether oxygens (including phenoxy) is 1. The van der Waals surface area contributed by atoms with Crippen LogP contribution in [-0.4, -0.2) is 32.5 Å². The van der Waals surface area contributed by atoms with E-state index in [1.165, 1.54) is 29.8 Å². The van der Waals surface area contributed by atoms with E-state index in [1.807, 2.05) is 0 Å². The van der Waals surface area contributed by atoms with Crippen LogP contribution in [0.4, 0.5) is 5.69 Å². The summed E-state index contributed by atoms with van der Waals surface area (Å²) in [5.74, 6) is -1.97. The molecule has 110 valence electrons. The molecule has 0 atom stereocenters. The van der Waals surface area contributed by atoms with Gasteiger partial charge in [-0.15, -0.1) is 0 Å². The Hall–Kier alpha value is -3.03. The summed E-state index contributed by atoms with van der Waals surface area (Å²) in [6.07, 6.45) is 2.84. The fraction of sp³-hybridized carbons (Fsp3) is 0.154. The third-order valence-corrected chi connectivity index (χ3v) is 2.63. The third kappa shape index (κ3) is 3.30. The highest BCUT2D eigenvalue weighted by atomic mass is 16.5. The Bertz CT molecular complexity index is 713. The molecule has 0 saturated heterocycles. The first-order valence-corrected chi connectivity index (χ1v) is 5.94. The van der Waals surface area contributed by atoms with E-state index >= 15 is 0 Å². The number of H-pyrrole nitrogens is 1. The molecular weight excluding hydrogens is 278 g/mol. The van der Waals surface area contributed by atoms with Gasteiger partial charge in [0, 0.05) is 32.4 Å². The number of esters is 1. The number of nitrogens with zero attached hydrogens (tertiary/aromatic N) is 1. The number of carbonyl (C=O) groups excluding carboxylic acids is 2. The maximum Gasteiger partial charge on any atom is 0.360 e. The van der Waals surface area contributed by atoms with E-state index in [9.17, 15) is 14.4 Å². The highest BCUT2D eigenvalue weighted by Crippen LogP contribution is 2.17. The zero-order valence-electron chi connectivity index (χ0n) is 11.3. The van der Waals surface area contributed by atoms with E-state index in [1.54, 1.807) is 13.2 Å². The molecule has 2 aromatic rings. The molecule has 2 heterocycles. The van der Waals surface area contributed by atoms with Crippen LogP contribution in [0.25, 0.3) is 0 Å². The number of aromatic carboxylic acids is 1. The number of hydrogen-bond donors (Lipinski definition) is 3. The fourth-order valence-electron chi connectivity index (χ4n) is 1.76. The van der Waals surface area contributed by atoms with Crippen LogP contribution in [0.3, 0.4) is 0 Å². The Morgan fingerprint density at radius 3 is 2.62 bits per heavy atom. The van der Waals surface area contributed by atoms with Crippen molar-refractivity contribution in [3.05, 3.63) is 35.9 Å². The molecule has 0 aliphatic carbocycles. The number of amides is 1. The SMILES string of the molecule is CC(=O)Nc1cc(C(=O)Oc2c[nH]c(C(=O)O)c2)n(C)c1. The number of aryl methyl sites for hydroxylation is 1. The van der Waals surface area contributed by atoms with Crippen molar-refractivity contribution in [3.8, 4) is 5.75 Å². The molecule has 0 unspecified atom stereocenters. The molecule has 0 saturated carbocycles. The molecule has 0 fully saturated rings. The molecule has 0 radical (unpaired) electrons. The normalized spacial score (nSPS) is 10.2. The Labute approximate surface area is 119 Å². The second-order valence-electron chi connectivity index (χ2n) is 4.35. The molecule has 8 heteroatoms. The Morgan fingerprint density at radius 2 is 2.05 bits per heavy atom. The number of carboxylic acid groups (broad SMARTS) is 1. The minimum atomic E-state index is -1.15. The molecule has 0 bridgehead atoms. The van der Waals surface area contributed by atoms with Crippen LogP contribution in [0.5, 0.6) is 5.75 Å². The van der Waals surface area contributed by atoms with E-state index in [0.717, 1.165) is 0 Å². The fourth-order valence-corrected chi connectivity index (χ4v) is 1.76. The van der Waals surface area contributed by atoms with E-state index in [-0.39, 0.29) is 23.0 Å². The van der Waals surface area contributed by atoms with Crippen molar-refractivity contribution in [2.75, 3.05) is 5.32 Å². The van der Waals surface area contributed by atoms with Gasteiger partial charge in [0.15, 0.2) is 0 Å². The zero-order valence-corrected chi connectivity index (χ0v) is 11.3. The Morgan fingerprint density at radius 1 is 1.33 bits per heavy atom. The summed E-state index contributed by atoms with van der Waals surface area (Å²) in [5.41, 5.74) is 0.609. The first-order valence-electron chi connectivity index (χ1n) is 5.94. The standard InChI is InChI=1S/C13H13N3O5/c1-7(17)15-8-3-11(16(2)6-8)13(20)21-9-4-10(12(18)19)14-5-9/h3-6,14H,1-2H3,(H,15,17)(H,18,19). The monoisotopic (exact) mass is 291 g/mol. The van der Waals surface area contributed by atoms with Crippen LogP contribution in [0, 0.1) is 0 Å². The number of nitrogens with one attached hydrogen (secondary N) is 2. The van der Waals surface area contributed by atoms with Crippen molar-refractivity contribution in [2.45, 2.75) is 6.92 Å². The summed E-state index contributed by atoms with van der Waals surface area (Å²) in [5, 5.41) is 11.3. The molecule has 2 aromatic heterocycles. The average molecular weight is 291 g/mol. The van der Waals surface area contributed by atoms with Gasteiger partial charge in [0.1, 0.15) is 17.1 Å². The number of hydrogen-bond acceptors (Lipinski definition) is 4. The van der Waals surface area contributed by atoms with Crippen molar-refractivity contribution in [1.82, 2.24) is 9.55 Å². The van der Waals surface area contributed by atoms with Gasteiger partial charge in [-0.1, -0.05) is 0 Å². The Kier molecular flexibility index (Phi) is 3.79. The topological polar surface area (TPSA) is 113 Å². The van der Waals surface area contributed by atoms with Crippen LogP contribution in [0.15, 0.2) is 24.5 Å². The minimum absolute atomic E-state index is 0.0800. The lowest BCUT2D eigenvalue weighted by molar-refractivity contribution is -0.114. The number of carbonyl (C=O) groups is 3. The van der Waals surface area contributed by atoms with Gasteiger partial charge >= 0.3 is 11.9 Å². The molecule has 8 nitrogen and oxygen atoms in total. The second-order valence-corrected chi connectivity index (χ2v) is 4.35. The predicted octanol–water partition coefficient (Wildman–Crippen LogP) is 1.23. The molecule has 3 N–H and O–H groups in total. The van der Waals surface area contributed by atoms with E-state index in [2.05, 4.69) is 10.3 Å². The first-order chi connectivity index (χ1) is 9.86. The van der Waals surface area contributed by atoms with E-state index in [4.69, 9.17) is 9.84 Å². The van der Waals surface area contributed by atoms with Crippen molar-refractivity contribution in [1.29, 1.82) is 0 Å². The minimum Gasteiger partial charge on any atom is -0.477 e. The smallest absolute Gasteiger partial charge is 0.360 e. The van der Waals surface area contributed by atoms with Crippen LogP contribution in [0.1, 0.15) is 27.9 Å². The van der Waals surface area contributed by atoms with E-state index < -0.39 is 11.9 Å². The van der Waals surface area contributed by atoms with Gasteiger partial charge in [-0.3, -0.25) is 4.79 Å². The third-order valence-electron chi connectivity index (χ3n) is 2.63. The van der Waals surface area contributed by atoms with E-state index in [0.29, 0.717) is 5.69 Å². The molecule has 0 aliphatic rings. The van der Waals surface area contributed by atoms with Crippen LogP contribution >= 0.6 is 0 Å². The Balaban J connectivity index is 2.14. The van der Waals surface area contributed by atoms with Gasteiger partial charge in [-0.2, -0.15) is 0 Å². The van der Waals surface area contributed by atoms with Crippen molar-refractivity contribution in [3.63, 3.8) is 0 Å². The quantitative estimate of drug-likeness (QED) is 0.733. The average Bonchev–Trinajstić information content (AvgIpc) is 2.95. The summed E-state index contributed by atoms with van der Waals surface area (Å²) in [6, 6.07) is 2.67. The summed E-state index contributed by atoms with van der Waals surface area (Å²) in [7, 11) is 1.63. The highest BCUT2D eigenvalue weighted by molar-refractivity contribution is 5.94. The molecule has 21 heavy (non-hydrogen) atoms. The van der Waals surface area contributed by atoms with Crippen molar-refractivity contribution >= 4 is 23.5 Å². The van der Waals surface area contributed by atoms with Crippen molar-refractivity contribution < 1.29 is 24.2 Å². The van der Waals surface area contributed by atoms with Gasteiger partial charge in [0.2, 0.25) is 5.91 Å². The number of carboxylic acids is 1. The summed E-state index contributed by atoms with van der Waals surface area (Å²) >= 11 is 0. The van der Waals surface area contributed by atoms with Gasteiger partial charge < -0.3 is 24.7 Å². The maximum atomic E-state index is 12.0. The van der Waals surface area contributed by atoms with Gasteiger partial charge in [0.25, 0.3) is 0 Å². The van der Waals surface area contributed by atoms with Gasteiger partial charge in [-0.05, 0) is 6.07 Å². The molecule has 0 spiro atoms. The number of rotatable bonds is 4.